The molecule has 0 N–H and O–H groups in total. The second-order valence-corrected chi connectivity index (χ2v) is 8.67. The molecular formula is C22H24O5. The van der Waals surface area contributed by atoms with Crippen LogP contribution < -0.4 is 9.47 Å². The zero-order valence-corrected chi connectivity index (χ0v) is 15.3. The number of hydrogen-bond donors (Lipinski definition) is 0. The van der Waals surface area contributed by atoms with E-state index in [0.29, 0.717) is 29.3 Å². The van der Waals surface area contributed by atoms with E-state index in [0.717, 1.165) is 24.8 Å². The van der Waals surface area contributed by atoms with Crippen molar-refractivity contribution in [1.29, 1.82) is 0 Å². The molecule has 1 aromatic carbocycles. The Kier molecular flexibility index (Phi) is 3.99. The number of hydrogen-bond acceptors (Lipinski definition) is 5. The smallest absolute Gasteiger partial charge is 0.331 e. The maximum absolute atomic E-state index is 12.9. The van der Waals surface area contributed by atoms with Gasteiger partial charge in [-0.1, -0.05) is 6.07 Å². The van der Waals surface area contributed by atoms with E-state index in [2.05, 4.69) is 0 Å². The van der Waals surface area contributed by atoms with Crippen LogP contribution in [0.4, 0.5) is 0 Å². The van der Waals surface area contributed by atoms with Gasteiger partial charge in [0.25, 0.3) is 0 Å². The van der Waals surface area contributed by atoms with Gasteiger partial charge in [0, 0.05) is 11.5 Å². The zero-order valence-electron chi connectivity index (χ0n) is 15.3. The summed E-state index contributed by atoms with van der Waals surface area (Å²) in [4.78, 5) is 24.9. The molecule has 142 valence electrons. The summed E-state index contributed by atoms with van der Waals surface area (Å²) in [5, 5.41) is 0. The molecule has 0 amide bonds. The third kappa shape index (κ3) is 3.13. The fourth-order valence-electron chi connectivity index (χ4n) is 5.97. The van der Waals surface area contributed by atoms with Crippen molar-refractivity contribution in [2.24, 2.45) is 23.2 Å². The molecule has 4 fully saturated rings. The maximum atomic E-state index is 12.9. The van der Waals surface area contributed by atoms with Crippen molar-refractivity contribution in [3.63, 3.8) is 0 Å². The Morgan fingerprint density at radius 2 is 1.70 bits per heavy atom. The largest absolute Gasteiger partial charge is 0.455 e. The third-order valence-electron chi connectivity index (χ3n) is 6.78. The number of Topliss-reactive ketones (excluding diaryl/α,β-unsaturated/α-hetero) is 1. The highest BCUT2D eigenvalue weighted by molar-refractivity contribution is 5.91. The van der Waals surface area contributed by atoms with Crippen molar-refractivity contribution in [3.05, 3.63) is 29.8 Å². The quantitative estimate of drug-likeness (QED) is 0.585. The van der Waals surface area contributed by atoms with E-state index in [1.54, 1.807) is 6.08 Å². The molecule has 0 radical (unpaired) electrons. The number of ketones is 1. The van der Waals surface area contributed by atoms with Gasteiger partial charge < -0.3 is 14.2 Å². The normalized spacial score (nSPS) is 32.8. The van der Waals surface area contributed by atoms with Crippen molar-refractivity contribution in [3.8, 4) is 11.5 Å². The number of esters is 1. The van der Waals surface area contributed by atoms with E-state index in [-0.39, 0.29) is 24.6 Å². The topological polar surface area (TPSA) is 61.8 Å². The number of benzene rings is 1. The number of carbonyl (C=O) groups is 2. The van der Waals surface area contributed by atoms with Crippen LogP contribution in [0.1, 0.15) is 44.1 Å². The Hall–Kier alpha value is -2.30. The van der Waals surface area contributed by atoms with E-state index >= 15 is 0 Å². The highest BCUT2D eigenvalue weighted by Crippen LogP contribution is 2.60. The highest BCUT2D eigenvalue weighted by Gasteiger charge is 2.54. The monoisotopic (exact) mass is 368 g/mol. The number of carbonyl (C=O) groups excluding carboxylic acids is 2. The Morgan fingerprint density at radius 3 is 2.41 bits per heavy atom. The Balaban J connectivity index is 1.18. The predicted molar refractivity (Wildman–Crippen MR) is 98.2 cm³/mol. The van der Waals surface area contributed by atoms with E-state index in [1.165, 1.54) is 25.3 Å². The van der Waals surface area contributed by atoms with E-state index in [9.17, 15) is 9.59 Å². The van der Waals surface area contributed by atoms with Gasteiger partial charge in [-0.05, 0) is 80.1 Å². The molecule has 0 unspecified atom stereocenters. The highest BCUT2D eigenvalue weighted by atomic mass is 16.7. The van der Waals surface area contributed by atoms with Crippen LogP contribution in [0.5, 0.6) is 11.5 Å². The van der Waals surface area contributed by atoms with Crippen molar-refractivity contribution in [1.82, 2.24) is 0 Å². The van der Waals surface area contributed by atoms with Crippen molar-refractivity contribution in [2.45, 2.75) is 38.5 Å². The summed E-state index contributed by atoms with van der Waals surface area (Å²) < 4.78 is 15.9. The first-order valence-electron chi connectivity index (χ1n) is 9.87. The molecule has 27 heavy (non-hydrogen) atoms. The minimum absolute atomic E-state index is 0.101. The molecule has 0 spiro atoms. The summed E-state index contributed by atoms with van der Waals surface area (Å²) in [6.45, 7) is 0.118. The van der Waals surface area contributed by atoms with Crippen LogP contribution in [-0.4, -0.2) is 25.2 Å². The van der Waals surface area contributed by atoms with E-state index < -0.39 is 5.97 Å². The van der Waals surface area contributed by atoms with Gasteiger partial charge in [0.2, 0.25) is 6.79 Å². The zero-order chi connectivity index (χ0) is 18.4. The van der Waals surface area contributed by atoms with Crippen LogP contribution in [0.15, 0.2) is 24.3 Å². The summed E-state index contributed by atoms with van der Waals surface area (Å²) in [6.07, 6.45) is 9.93. The van der Waals surface area contributed by atoms with Crippen molar-refractivity contribution >= 4 is 17.8 Å². The van der Waals surface area contributed by atoms with E-state index in [1.807, 2.05) is 18.2 Å². The van der Waals surface area contributed by atoms with Crippen LogP contribution in [0.3, 0.4) is 0 Å². The maximum Gasteiger partial charge on any atom is 0.331 e. The summed E-state index contributed by atoms with van der Waals surface area (Å²) in [5.74, 6) is 3.15. The van der Waals surface area contributed by atoms with Gasteiger partial charge in [0.1, 0.15) is 0 Å². The lowest BCUT2D eigenvalue weighted by Crippen LogP contribution is -2.51. The first-order chi connectivity index (χ1) is 13.1. The van der Waals surface area contributed by atoms with Gasteiger partial charge in [0.15, 0.2) is 23.9 Å². The molecule has 0 saturated heterocycles. The minimum atomic E-state index is -0.481. The lowest BCUT2D eigenvalue weighted by atomic mass is 9.48. The lowest BCUT2D eigenvalue weighted by Gasteiger charge is -2.55. The van der Waals surface area contributed by atoms with Gasteiger partial charge in [-0.15, -0.1) is 0 Å². The molecule has 0 aromatic heterocycles. The molecule has 1 aromatic rings. The number of ether oxygens (including phenoxy) is 3. The second kappa shape index (κ2) is 6.39. The van der Waals surface area contributed by atoms with Crippen molar-refractivity contribution < 1.29 is 23.8 Å². The Bertz CT molecular complexity index is 774. The summed E-state index contributed by atoms with van der Waals surface area (Å²) in [7, 11) is 0. The first-order valence-corrected chi connectivity index (χ1v) is 9.87. The fourth-order valence-corrected chi connectivity index (χ4v) is 5.97. The van der Waals surface area contributed by atoms with E-state index in [4.69, 9.17) is 14.2 Å². The van der Waals surface area contributed by atoms with Crippen LogP contribution in [-0.2, 0) is 14.3 Å². The van der Waals surface area contributed by atoms with Crippen LogP contribution in [0.2, 0.25) is 0 Å². The van der Waals surface area contributed by atoms with Crippen LogP contribution in [0.25, 0.3) is 6.08 Å². The molecule has 4 saturated carbocycles. The average molecular weight is 368 g/mol. The molecule has 5 heteroatoms. The summed E-state index contributed by atoms with van der Waals surface area (Å²) in [5.41, 5.74) is 0.611. The Labute approximate surface area is 158 Å². The van der Waals surface area contributed by atoms with Gasteiger partial charge in [-0.3, -0.25) is 4.79 Å². The van der Waals surface area contributed by atoms with Gasteiger partial charge in [-0.2, -0.15) is 0 Å². The predicted octanol–water partition coefficient (Wildman–Crippen LogP) is 3.76. The number of fused-ring (bicyclic) bond motifs is 1. The first kappa shape index (κ1) is 16.8. The summed E-state index contributed by atoms with van der Waals surface area (Å²) in [6, 6.07) is 5.47. The SMILES string of the molecule is O=C(C=Cc1ccc2c(c1)OCO2)OCC(=O)C12CC3CC(CC(C3)C1)C2. The molecule has 1 aliphatic heterocycles. The molecule has 0 atom stereocenters. The molecular weight excluding hydrogens is 344 g/mol. The van der Waals surface area contributed by atoms with Crippen LogP contribution >= 0.6 is 0 Å². The van der Waals surface area contributed by atoms with Crippen molar-refractivity contribution in [2.75, 3.05) is 13.4 Å². The molecule has 6 rings (SSSR count). The lowest BCUT2D eigenvalue weighted by molar-refractivity contribution is -0.155. The molecule has 1 heterocycles. The number of rotatable bonds is 5. The summed E-state index contributed by atoms with van der Waals surface area (Å²) >= 11 is 0. The second-order valence-electron chi connectivity index (χ2n) is 8.67. The standard InChI is InChI=1S/C22H24O5/c23-20(22-9-15-5-16(10-22)7-17(6-15)11-22)12-25-21(24)4-2-14-1-3-18-19(8-14)27-13-26-18/h1-4,8,15-17H,5-7,9-13H2. The molecule has 4 bridgehead atoms. The average Bonchev–Trinajstić information content (AvgIpc) is 3.11. The molecule has 5 aliphatic rings. The minimum Gasteiger partial charge on any atom is -0.455 e. The molecule has 5 nitrogen and oxygen atoms in total. The van der Waals surface area contributed by atoms with Gasteiger partial charge in [0.05, 0.1) is 0 Å². The Morgan fingerprint density at radius 1 is 1.04 bits per heavy atom. The van der Waals surface area contributed by atoms with Gasteiger partial charge in [-0.25, -0.2) is 4.79 Å². The third-order valence-corrected chi connectivity index (χ3v) is 6.78. The van der Waals surface area contributed by atoms with Crippen LogP contribution in [0, 0.1) is 23.2 Å². The van der Waals surface area contributed by atoms with Gasteiger partial charge >= 0.3 is 5.97 Å². The fraction of sp³-hybridized carbons (Fsp3) is 0.545. The molecule has 4 aliphatic carbocycles.